The zero-order valence-corrected chi connectivity index (χ0v) is 10.6. The monoisotopic (exact) mass is 223 g/mol. The summed E-state index contributed by atoms with van der Waals surface area (Å²) in [5, 5.41) is 3.46. The van der Waals surface area contributed by atoms with Crippen LogP contribution in [-0.2, 0) is 4.74 Å². The third-order valence-corrected chi connectivity index (χ3v) is 2.75. The van der Waals surface area contributed by atoms with Gasteiger partial charge in [-0.15, -0.1) is 0 Å². The second-order valence-electron chi connectivity index (χ2n) is 5.29. The minimum atomic E-state index is -0.0841. The predicted molar refractivity (Wildman–Crippen MR) is 64.8 cm³/mol. The molecule has 1 N–H and O–H groups in total. The third-order valence-electron chi connectivity index (χ3n) is 2.75. The highest BCUT2D eigenvalue weighted by Gasteiger charge is 2.28. The van der Waals surface area contributed by atoms with Crippen LogP contribution in [0.15, 0.2) is 6.20 Å². The van der Waals surface area contributed by atoms with Gasteiger partial charge >= 0.3 is 0 Å². The van der Waals surface area contributed by atoms with Crippen molar-refractivity contribution in [2.24, 2.45) is 0 Å². The molecule has 2 rings (SSSR count). The first-order chi connectivity index (χ1) is 7.52. The average molecular weight is 223 g/mol. The quantitative estimate of drug-likeness (QED) is 0.833. The number of methoxy groups -OCH3 is 1. The fourth-order valence-corrected chi connectivity index (χ4v) is 1.94. The van der Waals surface area contributed by atoms with E-state index in [0.29, 0.717) is 12.6 Å². The molecule has 0 amide bonds. The van der Waals surface area contributed by atoms with Gasteiger partial charge in [-0.2, -0.15) is 0 Å². The van der Waals surface area contributed by atoms with Gasteiger partial charge in [0.2, 0.25) is 5.95 Å². The largest absolute Gasteiger partial charge is 0.382 e. The molecule has 16 heavy (non-hydrogen) atoms. The molecule has 1 aliphatic carbocycles. The maximum absolute atomic E-state index is 5.20. The van der Waals surface area contributed by atoms with Crippen LogP contribution in [0.4, 0.5) is 5.95 Å². The molecule has 1 fully saturated rings. The van der Waals surface area contributed by atoms with E-state index in [2.05, 4.69) is 34.9 Å². The predicted octanol–water partition coefficient (Wildman–Crippen LogP) is 2.36. The van der Waals surface area contributed by atoms with E-state index in [1.807, 2.05) is 6.92 Å². The van der Waals surface area contributed by atoms with Crippen LogP contribution in [0.5, 0.6) is 0 Å². The van der Waals surface area contributed by atoms with E-state index < -0.39 is 0 Å². The molecule has 0 radical (unpaired) electrons. The maximum Gasteiger partial charge on any atom is 0.203 e. The van der Waals surface area contributed by atoms with Gasteiger partial charge in [-0.25, -0.2) is 4.98 Å². The summed E-state index contributed by atoms with van der Waals surface area (Å²) in [5.74, 6) is 0.974. The van der Waals surface area contributed by atoms with Gasteiger partial charge in [0.1, 0.15) is 0 Å². The lowest BCUT2D eigenvalue weighted by atomic mass is 10.1. The Morgan fingerprint density at radius 2 is 2.25 bits per heavy atom. The number of imidazole rings is 1. The third kappa shape index (κ3) is 2.55. The summed E-state index contributed by atoms with van der Waals surface area (Å²) in [6.07, 6.45) is 4.67. The molecule has 4 nitrogen and oxygen atoms in total. The molecule has 4 heteroatoms. The SMILES string of the molecule is COCC(C)(C)Nc1nc(C)cn1C1CC1. The van der Waals surface area contributed by atoms with Crippen molar-refractivity contribution in [3.8, 4) is 0 Å². The fourth-order valence-electron chi connectivity index (χ4n) is 1.94. The number of rotatable bonds is 5. The number of hydrogen-bond acceptors (Lipinski definition) is 3. The van der Waals surface area contributed by atoms with Gasteiger partial charge in [0, 0.05) is 19.3 Å². The lowest BCUT2D eigenvalue weighted by molar-refractivity contribution is 0.157. The number of nitrogens with one attached hydrogen (secondary N) is 1. The van der Waals surface area contributed by atoms with Crippen LogP contribution in [0.2, 0.25) is 0 Å². The molecule has 1 aromatic heterocycles. The maximum atomic E-state index is 5.20. The first kappa shape index (κ1) is 11.5. The van der Waals surface area contributed by atoms with Crippen LogP contribution < -0.4 is 5.32 Å². The highest BCUT2D eigenvalue weighted by Crippen LogP contribution is 2.37. The summed E-state index contributed by atoms with van der Waals surface area (Å²) in [6.45, 7) is 6.95. The van der Waals surface area contributed by atoms with Crippen LogP contribution >= 0.6 is 0 Å². The zero-order chi connectivity index (χ0) is 11.8. The lowest BCUT2D eigenvalue weighted by Crippen LogP contribution is -2.37. The van der Waals surface area contributed by atoms with Crippen LogP contribution in [0.1, 0.15) is 38.4 Å². The minimum Gasteiger partial charge on any atom is -0.382 e. The second kappa shape index (κ2) is 4.09. The Labute approximate surface area is 97.0 Å². The number of aryl methyl sites for hydroxylation is 1. The summed E-state index contributed by atoms with van der Waals surface area (Å²) < 4.78 is 7.46. The molecule has 1 heterocycles. The Kier molecular flexibility index (Phi) is 2.93. The Hall–Kier alpha value is -1.03. The van der Waals surface area contributed by atoms with E-state index in [4.69, 9.17) is 4.74 Å². The van der Waals surface area contributed by atoms with Crippen molar-refractivity contribution in [1.29, 1.82) is 0 Å². The van der Waals surface area contributed by atoms with Gasteiger partial charge in [0.15, 0.2) is 0 Å². The molecule has 0 unspecified atom stereocenters. The fraction of sp³-hybridized carbons (Fsp3) is 0.750. The summed E-state index contributed by atoms with van der Waals surface area (Å²) in [7, 11) is 1.72. The molecular formula is C12H21N3O. The minimum absolute atomic E-state index is 0.0841. The molecule has 0 bridgehead atoms. The van der Waals surface area contributed by atoms with Crippen molar-refractivity contribution in [3.63, 3.8) is 0 Å². The van der Waals surface area contributed by atoms with Crippen molar-refractivity contribution in [1.82, 2.24) is 9.55 Å². The van der Waals surface area contributed by atoms with Crippen LogP contribution in [0.25, 0.3) is 0 Å². The summed E-state index contributed by atoms with van der Waals surface area (Å²) in [5.41, 5.74) is 0.988. The number of hydrogen-bond donors (Lipinski definition) is 1. The molecule has 1 saturated carbocycles. The molecular weight excluding hydrogens is 202 g/mol. The van der Waals surface area contributed by atoms with Crippen molar-refractivity contribution in [2.75, 3.05) is 19.0 Å². The standard InChI is InChI=1S/C12H21N3O/c1-9-7-15(10-5-6-10)11(13-9)14-12(2,3)8-16-4/h7,10H,5-6,8H2,1-4H3,(H,13,14). The van der Waals surface area contributed by atoms with Gasteiger partial charge in [-0.3, -0.25) is 0 Å². The van der Waals surface area contributed by atoms with Crippen LogP contribution in [-0.4, -0.2) is 28.8 Å². The Bertz CT molecular complexity index is 366. The first-order valence-corrected chi connectivity index (χ1v) is 5.84. The van der Waals surface area contributed by atoms with Gasteiger partial charge in [-0.1, -0.05) is 0 Å². The Morgan fingerprint density at radius 1 is 1.56 bits per heavy atom. The second-order valence-corrected chi connectivity index (χ2v) is 5.29. The first-order valence-electron chi connectivity index (χ1n) is 5.84. The summed E-state index contributed by atoms with van der Waals surface area (Å²) >= 11 is 0. The van der Waals surface area contributed by atoms with E-state index in [0.717, 1.165) is 11.6 Å². The molecule has 1 aliphatic rings. The number of anilines is 1. The Morgan fingerprint density at radius 3 is 2.81 bits per heavy atom. The highest BCUT2D eigenvalue weighted by molar-refractivity contribution is 5.33. The molecule has 90 valence electrons. The number of ether oxygens (including phenoxy) is 1. The smallest absolute Gasteiger partial charge is 0.203 e. The molecule has 0 aromatic carbocycles. The normalized spacial score (nSPS) is 16.5. The average Bonchev–Trinajstić information content (AvgIpc) is 2.91. The van der Waals surface area contributed by atoms with Gasteiger partial charge in [0.05, 0.1) is 17.8 Å². The van der Waals surface area contributed by atoms with Crippen molar-refractivity contribution >= 4 is 5.95 Å². The van der Waals surface area contributed by atoms with Crippen LogP contribution in [0.3, 0.4) is 0 Å². The van der Waals surface area contributed by atoms with E-state index in [-0.39, 0.29) is 5.54 Å². The van der Waals surface area contributed by atoms with E-state index in [9.17, 15) is 0 Å². The summed E-state index contributed by atoms with van der Waals surface area (Å²) in [6, 6.07) is 0.655. The number of nitrogens with zero attached hydrogens (tertiary/aromatic N) is 2. The zero-order valence-electron chi connectivity index (χ0n) is 10.6. The lowest BCUT2D eigenvalue weighted by Gasteiger charge is -2.26. The topological polar surface area (TPSA) is 39.1 Å². The highest BCUT2D eigenvalue weighted by atomic mass is 16.5. The molecule has 0 spiro atoms. The molecule has 1 aromatic rings. The van der Waals surface area contributed by atoms with Crippen molar-refractivity contribution in [2.45, 2.75) is 45.2 Å². The number of aromatic nitrogens is 2. The van der Waals surface area contributed by atoms with Gasteiger partial charge < -0.3 is 14.6 Å². The van der Waals surface area contributed by atoms with E-state index >= 15 is 0 Å². The van der Waals surface area contributed by atoms with Crippen molar-refractivity contribution in [3.05, 3.63) is 11.9 Å². The van der Waals surface area contributed by atoms with E-state index in [1.165, 1.54) is 12.8 Å². The van der Waals surface area contributed by atoms with Crippen molar-refractivity contribution < 1.29 is 4.74 Å². The Balaban J connectivity index is 2.13. The van der Waals surface area contributed by atoms with Gasteiger partial charge in [-0.05, 0) is 33.6 Å². The van der Waals surface area contributed by atoms with Gasteiger partial charge in [0.25, 0.3) is 0 Å². The van der Waals surface area contributed by atoms with E-state index in [1.54, 1.807) is 7.11 Å². The molecule has 0 saturated heterocycles. The molecule has 0 aliphatic heterocycles. The van der Waals surface area contributed by atoms with Crippen LogP contribution in [0, 0.1) is 6.92 Å². The summed E-state index contributed by atoms with van der Waals surface area (Å²) in [4.78, 5) is 4.54. The molecule has 0 atom stereocenters.